The molecule has 1 aliphatic heterocycles. The number of rotatable bonds is 7. The molecule has 29 heavy (non-hydrogen) atoms. The van der Waals surface area contributed by atoms with Gasteiger partial charge in [0.2, 0.25) is 0 Å². The molecule has 0 aromatic heterocycles. The van der Waals surface area contributed by atoms with Gasteiger partial charge in [0.1, 0.15) is 5.75 Å². The van der Waals surface area contributed by atoms with E-state index >= 15 is 0 Å². The maximum Gasteiger partial charge on any atom is 0.119 e. The van der Waals surface area contributed by atoms with E-state index in [1.165, 1.54) is 44.2 Å². The molecule has 0 radical (unpaired) electrons. The van der Waals surface area contributed by atoms with Gasteiger partial charge in [-0.2, -0.15) is 0 Å². The van der Waals surface area contributed by atoms with Crippen LogP contribution in [0.1, 0.15) is 51.0 Å². The zero-order chi connectivity index (χ0) is 19.8. The maximum atomic E-state index is 9.73. The standard InChI is InChI=1S/C25H38N2O2/c1-2-29-24-5-3-18(4-6-24)16-26-8-9-27(17-23(26)7-10-28)25-21-12-19-11-20(14-21)15-22(25)13-19/h3-6,19-23,25,28H,2,7-17H2,1H3. The Morgan fingerprint density at radius 3 is 2.28 bits per heavy atom. The maximum absolute atomic E-state index is 9.73. The van der Waals surface area contributed by atoms with E-state index in [0.717, 1.165) is 61.5 Å². The Balaban J connectivity index is 1.24. The van der Waals surface area contributed by atoms with Crippen LogP contribution in [0.5, 0.6) is 5.75 Å². The van der Waals surface area contributed by atoms with Gasteiger partial charge in [-0.15, -0.1) is 0 Å². The van der Waals surface area contributed by atoms with Crippen LogP contribution in [0.4, 0.5) is 0 Å². The first kappa shape index (κ1) is 19.8. The van der Waals surface area contributed by atoms with E-state index in [-0.39, 0.29) is 0 Å². The van der Waals surface area contributed by atoms with Gasteiger partial charge in [-0.05, 0) is 86.8 Å². The van der Waals surface area contributed by atoms with Gasteiger partial charge in [0.15, 0.2) is 0 Å². The SMILES string of the molecule is CCOc1ccc(CN2CCN(C3C4CC5CC(C4)CC3C5)CC2CCO)cc1. The quantitative estimate of drug-likeness (QED) is 0.758. The van der Waals surface area contributed by atoms with Crippen LogP contribution >= 0.6 is 0 Å². The highest BCUT2D eigenvalue weighted by atomic mass is 16.5. The first-order valence-corrected chi connectivity index (χ1v) is 12.0. The Labute approximate surface area is 176 Å². The lowest BCUT2D eigenvalue weighted by atomic mass is 9.53. The van der Waals surface area contributed by atoms with Crippen molar-refractivity contribution < 1.29 is 9.84 Å². The van der Waals surface area contributed by atoms with Crippen molar-refractivity contribution >= 4 is 0 Å². The molecular weight excluding hydrogens is 360 g/mol. The Morgan fingerprint density at radius 1 is 0.966 bits per heavy atom. The molecule has 0 amide bonds. The van der Waals surface area contributed by atoms with Gasteiger partial charge in [-0.3, -0.25) is 9.80 Å². The van der Waals surface area contributed by atoms with Gasteiger partial charge < -0.3 is 9.84 Å². The smallest absolute Gasteiger partial charge is 0.119 e. The number of ether oxygens (including phenoxy) is 1. The van der Waals surface area contributed by atoms with Crippen LogP contribution in [-0.4, -0.2) is 59.8 Å². The summed E-state index contributed by atoms with van der Waals surface area (Å²) in [5.74, 6) is 4.96. The molecule has 4 aliphatic carbocycles. The summed E-state index contributed by atoms with van der Waals surface area (Å²) in [6, 6.07) is 9.88. The summed E-state index contributed by atoms with van der Waals surface area (Å²) in [6.45, 7) is 7.48. The number of aliphatic hydroxyl groups excluding tert-OH is 1. The minimum Gasteiger partial charge on any atom is -0.494 e. The molecule has 160 valence electrons. The summed E-state index contributed by atoms with van der Waals surface area (Å²) < 4.78 is 5.59. The van der Waals surface area contributed by atoms with Crippen LogP contribution in [0.25, 0.3) is 0 Å². The number of piperazine rings is 1. The van der Waals surface area contributed by atoms with Crippen molar-refractivity contribution in [3.05, 3.63) is 29.8 Å². The van der Waals surface area contributed by atoms with Gasteiger partial charge in [0.05, 0.1) is 6.61 Å². The monoisotopic (exact) mass is 398 g/mol. The van der Waals surface area contributed by atoms with Crippen molar-refractivity contribution in [2.45, 2.75) is 64.1 Å². The molecule has 1 saturated heterocycles. The fourth-order valence-electron chi connectivity index (χ4n) is 7.40. The summed E-state index contributed by atoms with van der Waals surface area (Å²) in [4.78, 5) is 5.46. The summed E-state index contributed by atoms with van der Waals surface area (Å²) in [7, 11) is 0. The Kier molecular flexibility index (Phi) is 5.86. The van der Waals surface area contributed by atoms with Crippen LogP contribution in [0.15, 0.2) is 24.3 Å². The van der Waals surface area contributed by atoms with Crippen molar-refractivity contribution in [3.8, 4) is 5.75 Å². The van der Waals surface area contributed by atoms with Crippen molar-refractivity contribution in [2.75, 3.05) is 32.8 Å². The zero-order valence-electron chi connectivity index (χ0n) is 18.0. The molecule has 6 rings (SSSR count). The van der Waals surface area contributed by atoms with Crippen LogP contribution in [0, 0.1) is 23.7 Å². The van der Waals surface area contributed by atoms with Crippen molar-refractivity contribution in [1.82, 2.24) is 9.80 Å². The average Bonchev–Trinajstić information content (AvgIpc) is 2.71. The summed E-state index contributed by atoms with van der Waals surface area (Å²) in [5, 5.41) is 9.73. The third kappa shape index (κ3) is 4.08. The highest BCUT2D eigenvalue weighted by Crippen LogP contribution is 2.55. The molecule has 0 spiro atoms. The molecule has 4 saturated carbocycles. The van der Waals surface area contributed by atoms with Crippen molar-refractivity contribution in [3.63, 3.8) is 0 Å². The lowest BCUT2D eigenvalue weighted by Gasteiger charge is -2.59. The number of nitrogens with zero attached hydrogens (tertiary/aromatic N) is 2. The van der Waals surface area contributed by atoms with E-state index in [1.807, 2.05) is 6.92 Å². The summed E-state index contributed by atoms with van der Waals surface area (Å²) in [5.41, 5.74) is 1.35. The second-order valence-corrected chi connectivity index (χ2v) is 10.1. The number of hydrogen-bond acceptors (Lipinski definition) is 4. The Bertz CT molecular complexity index is 648. The van der Waals surface area contributed by atoms with E-state index in [0.29, 0.717) is 19.3 Å². The first-order chi connectivity index (χ1) is 14.2. The minimum atomic E-state index is 0.292. The van der Waals surface area contributed by atoms with E-state index in [4.69, 9.17) is 4.74 Å². The van der Waals surface area contributed by atoms with Gasteiger partial charge in [-0.1, -0.05) is 12.1 Å². The van der Waals surface area contributed by atoms with Gasteiger partial charge in [0.25, 0.3) is 0 Å². The lowest BCUT2D eigenvalue weighted by molar-refractivity contribution is -0.0876. The molecule has 1 aromatic carbocycles. The molecule has 4 heteroatoms. The summed E-state index contributed by atoms with van der Waals surface area (Å²) in [6.07, 6.45) is 8.40. The second kappa shape index (κ2) is 8.56. The van der Waals surface area contributed by atoms with Crippen LogP contribution < -0.4 is 4.74 Å². The normalized spacial score (nSPS) is 37.2. The van der Waals surface area contributed by atoms with Gasteiger partial charge >= 0.3 is 0 Å². The third-order valence-electron chi connectivity index (χ3n) is 8.32. The fourth-order valence-corrected chi connectivity index (χ4v) is 7.40. The number of aliphatic hydroxyl groups is 1. The third-order valence-corrected chi connectivity index (χ3v) is 8.32. The lowest BCUT2D eigenvalue weighted by Crippen LogP contribution is -2.62. The second-order valence-electron chi connectivity index (χ2n) is 10.1. The molecule has 4 nitrogen and oxygen atoms in total. The minimum absolute atomic E-state index is 0.292. The van der Waals surface area contributed by atoms with E-state index in [9.17, 15) is 5.11 Å². The molecule has 1 unspecified atom stereocenters. The molecule has 1 atom stereocenters. The molecule has 4 bridgehead atoms. The van der Waals surface area contributed by atoms with Crippen LogP contribution in [0.3, 0.4) is 0 Å². The van der Waals surface area contributed by atoms with Crippen LogP contribution in [0.2, 0.25) is 0 Å². The largest absolute Gasteiger partial charge is 0.494 e. The van der Waals surface area contributed by atoms with Crippen LogP contribution in [-0.2, 0) is 6.54 Å². The van der Waals surface area contributed by atoms with E-state index < -0.39 is 0 Å². The predicted molar refractivity (Wildman–Crippen MR) is 116 cm³/mol. The molecule has 5 aliphatic rings. The number of benzene rings is 1. The van der Waals surface area contributed by atoms with E-state index in [1.54, 1.807) is 0 Å². The molecule has 1 aromatic rings. The van der Waals surface area contributed by atoms with Crippen molar-refractivity contribution in [1.29, 1.82) is 0 Å². The number of hydrogen-bond donors (Lipinski definition) is 1. The highest BCUT2D eigenvalue weighted by Gasteiger charge is 2.50. The molecule has 1 N–H and O–H groups in total. The zero-order valence-corrected chi connectivity index (χ0v) is 18.0. The molecule has 1 heterocycles. The Morgan fingerprint density at radius 2 is 1.66 bits per heavy atom. The van der Waals surface area contributed by atoms with E-state index in [2.05, 4.69) is 34.1 Å². The average molecular weight is 399 g/mol. The topological polar surface area (TPSA) is 35.9 Å². The summed E-state index contributed by atoms with van der Waals surface area (Å²) >= 11 is 0. The predicted octanol–water partition coefficient (Wildman–Crippen LogP) is 3.78. The molecule has 5 fully saturated rings. The van der Waals surface area contributed by atoms with Crippen molar-refractivity contribution in [2.24, 2.45) is 23.7 Å². The molecular formula is C25H38N2O2. The Hall–Kier alpha value is -1.10. The van der Waals surface area contributed by atoms with Gasteiger partial charge in [0, 0.05) is 44.9 Å². The highest BCUT2D eigenvalue weighted by molar-refractivity contribution is 5.27. The fraction of sp³-hybridized carbons (Fsp3) is 0.760. The first-order valence-electron chi connectivity index (χ1n) is 12.0. The van der Waals surface area contributed by atoms with Gasteiger partial charge in [-0.25, -0.2) is 0 Å².